The zero-order valence-electron chi connectivity index (χ0n) is 14.9. The number of hydrogen-bond acceptors (Lipinski definition) is 3. The van der Waals surface area contributed by atoms with E-state index in [9.17, 15) is 14.4 Å². The number of rotatable bonds is 5. The Morgan fingerprint density at radius 1 is 0.870 bits per heavy atom. The molecule has 1 N–H and O–H groups in total. The van der Waals surface area contributed by atoms with Crippen molar-refractivity contribution in [1.82, 2.24) is 5.32 Å². The second-order valence-electron chi connectivity index (χ2n) is 7.86. The van der Waals surface area contributed by atoms with Crippen molar-refractivity contribution in [3.05, 3.63) is 35.9 Å². The Morgan fingerprint density at radius 3 is 1.70 bits per heavy atom. The van der Waals surface area contributed by atoms with Gasteiger partial charge in [0.2, 0.25) is 5.91 Å². The molecular formula is C19H27NO3. The van der Waals surface area contributed by atoms with E-state index in [-0.39, 0.29) is 11.6 Å². The fourth-order valence-electron chi connectivity index (χ4n) is 2.11. The van der Waals surface area contributed by atoms with Crippen LogP contribution in [0.3, 0.4) is 0 Å². The van der Waals surface area contributed by atoms with Crippen LogP contribution in [0.5, 0.6) is 0 Å². The normalized spacial score (nSPS) is 12.1. The largest absolute Gasteiger partial charge is 0.351 e. The molecule has 4 nitrogen and oxygen atoms in total. The molecule has 0 aliphatic rings. The van der Waals surface area contributed by atoms with Gasteiger partial charge in [-0.05, 0) is 5.56 Å². The molecule has 0 saturated carbocycles. The fourth-order valence-corrected chi connectivity index (χ4v) is 2.11. The van der Waals surface area contributed by atoms with E-state index < -0.39 is 22.7 Å². The maximum absolute atomic E-state index is 12.6. The minimum Gasteiger partial charge on any atom is -0.351 e. The monoisotopic (exact) mass is 317 g/mol. The van der Waals surface area contributed by atoms with Crippen molar-refractivity contribution in [2.24, 2.45) is 16.7 Å². The van der Waals surface area contributed by atoms with Crippen molar-refractivity contribution in [3.8, 4) is 0 Å². The van der Waals surface area contributed by atoms with Crippen molar-refractivity contribution in [2.75, 3.05) is 0 Å². The molecule has 0 aromatic heterocycles. The van der Waals surface area contributed by atoms with Crippen LogP contribution in [-0.2, 0) is 20.9 Å². The van der Waals surface area contributed by atoms with E-state index in [0.717, 1.165) is 5.56 Å². The van der Waals surface area contributed by atoms with Crippen LogP contribution in [0.4, 0.5) is 0 Å². The summed E-state index contributed by atoms with van der Waals surface area (Å²) < 4.78 is 0. The van der Waals surface area contributed by atoms with E-state index in [1.54, 1.807) is 41.5 Å². The summed E-state index contributed by atoms with van der Waals surface area (Å²) in [6, 6.07) is 9.40. The number of Topliss-reactive ketones (excluding diaryl/α,β-unsaturated/α-hetero) is 2. The SMILES string of the molecule is CC(C)(C)C(=O)C(C(=O)NCc1ccccc1)C(=O)C(C)(C)C. The van der Waals surface area contributed by atoms with Gasteiger partial charge in [-0.2, -0.15) is 0 Å². The van der Waals surface area contributed by atoms with E-state index in [0.29, 0.717) is 6.54 Å². The van der Waals surface area contributed by atoms with Gasteiger partial charge in [-0.3, -0.25) is 14.4 Å². The summed E-state index contributed by atoms with van der Waals surface area (Å²) in [5, 5.41) is 2.72. The molecule has 0 aliphatic carbocycles. The van der Waals surface area contributed by atoms with Crippen LogP contribution in [-0.4, -0.2) is 17.5 Å². The third-order valence-corrected chi connectivity index (χ3v) is 3.57. The van der Waals surface area contributed by atoms with Gasteiger partial charge in [-0.1, -0.05) is 71.9 Å². The molecule has 0 unspecified atom stereocenters. The first-order valence-corrected chi connectivity index (χ1v) is 7.85. The lowest BCUT2D eigenvalue weighted by atomic mass is 9.74. The van der Waals surface area contributed by atoms with Crippen molar-refractivity contribution < 1.29 is 14.4 Å². The lowest BCUT2D eigenvalue weighted by Gasteiger charge is -2.28. The first-order valence-electron chi connectivity index (χ1n) is 7.85. The Hall–Kier alpha value is -1.97. The highest BCUT2D eigenvalue weighted by Gasteiger charge is 2.43. The zero-order valence-corrected chi connectivity index (χ0v) is 14.9. The van der Waals surface area contributed by atoms with Gasteiger partial charge < -0.3 is 5.32 Å². The first kappa shape index (κ1) is 19.1. The van der Waals surface area contributed by atoms with Gasteiger partial charge in [-0.25, -0.2) is 0 Å². The average molecular weight is 317 g/mol. The smallest absolute Gasteiger partial charge is 0.238 e. The van der Waals surface area contributed by atoms with Gasteiger partial charge in [-0.15, -0.1) is 0 Å². The summed E-state index contributed by atoms with van der Waals surface area (Å²) in [7, 11) is 0. The molecule has 1 rings (SSSR count). The second kappa shape index (κ2) is 7.07. The van der Waals surface area contributed by atoms with Gasteiger partial charge in [0, 0.05) is 17.4 Å². The number of carbonyl (C=O) groups excluding carboxylic acids is 3. The molecular weight excluding hydrogens is 290 g/mol. The van der Waals surface area contributed by atoms with Crippen LogP contribution in [0.1, 0.15) is 47.1 Å². The minimum atomic E-state index is -1.27. The summed E-state index contributed by atoms with van der Waals surface area (Å²) in [5.41, 5.74) is -0.586. The average Bonchev–Trinajstić information content (AvgIpc) is 2.44. The van der Waals surface area contributed by atoms with Gasteiger partial charge in [0.05, 0.1) is 0 Å². The van der Waals surface area contributed by atoms with Crippen molar-refractivity contribution in [3.63, 3.8) is 0 Å². The third kappa shape index (κ3) is 5.31. The molecule has 0 radical (unpaired) electrons. The van der Waals surface area contributed by atoms with Crippen molar-refractivity contribution in [1.29, 1.82) is 0 Å². The fraction of sp³-hybridized carbons (Fsp3) is 0.526. The van der Waals surface area contributed by atoms with E-state index in [4.69, 9.17) is 0 Å². The van der Waals surface area contributed by atoms with Gasteiger partial charge in [0.1, 0.15) is 0 Å². The summed E-state index contributed by atoms with van der Waals surface area (Å²) in [5.74, 6) is -2.47. The molecule has 0 saturated heterocycles. The number of hydrogen-bond donors (Lipinski definition) is 1. The van der Waals surface area contributed by atoms with Crippen LogP contribution in [0, 0.1) is 16.7 Å². The predicted molar refractivity (Wildman–Crippen MR) is 90.7 cm³/mol. The number of benzene rings is 1. The number of amides is 1. The third-order valence-electron chi connectivity index (χ3n) is 3.57. The van der Waals surface area contributed by atoms with Gasteiger partial charge in [0.15, 0.2) is 17.5 Å². The van der Waals surface area contributed by atoms with Crippen molar-refractivity contribution >= 4 is 17.5 Å². The number of carbonyl (C=O) groups is 3. The van der Waals surface area contributed by atoms with E-state index in [2.05, 4.69) is 5.32 Å². The molecule has 4 heteroatoms. The Bertz CT molecular complexity index is 551. The van der Waals surface area contributed by atoms with Crippen LogP contribution in [0.15, 0.2) is 30.3 Å². The van der Waals surface area contributed by atoms with Gasteiger partial charge >= 0.3 is 0 Å². The van der Waals surface area contributed by atoms with Crippen molar-refractivity contribution in [2.45, 2.75) is 48.1 Å². The quantitative estimate of drug-likeness (QED) is 0.849. The van der Waals surface area contributed by atoms with Crippen LogP contribution in [0.25, 0.3) is 0 Å². The Balaban J connectivity index is 2.97. The Labute approximate surface area is 138 Å². The highest BCUT2D eigenvalue weighted by molar-refractivity contribution is 6.21. The summed E-state index contributed by atoms with van der Waals surface area (Å²) in [6.07, 6.45) is 0. The highest BCUT2D eigenvalue weighted by atomic mass is 16.2. The standard InChI is InChI=1S/C19H27NO3/c1-18(2,3)15(21)14(16(22)19(4,5)6)17(23)20-12-13-10-8-7-9-11-13/h7-11,14H,12H2,1-6H3,(H,20,23). The van der Waals surface area contributed by atoms with Crippen LogP contribution >= 0.6 is 0 Å². The molecule has 0 bridgehead atoms. The molecule has 0 atom stereocenters. The predicted octanol–water partition coefficient (Wildman–Crippen LogP) is 3.15. The number of nitrogens with one attached hydrogen (secondary N) is 1. The summed E-state index contributed by atoms with van der Waals surface area (Å²) in [4.78, 5) is 37.8. The molecule has 23 heavy (non-hydrogen) atoms. The Morgan fingerprint density at radius 2 is 1.30 bits per heavy atom. The first-order chi connectivity index (χ1) is 10.4. The Kier molecular flexibility index (Phi) is 5.86. The highest BCUT2D eigenvalue weighted by Crippen LogP contribution is 2.27. The van der Waals surface area contributed by atoms with Crippen LogP contribution in [0.2, 0.25) is 0 Å². The zero-order chi connectivity index (χ0) is 17.8. The molecule has 1 aromatic carbocycles. The van der Waals surface area contributed by atoms with Gasteiger partial charge in [0.25, 0.3) is 0 Å². The number of ketones is 2. The molecule has 0 heterocycles. The van der Waals surface area contributed by atoms with Crippen LogP contribution < -0.4 is 5.32 Å². The summed E-state index contributed by atoms with van der Waals surface area (Å²) in [6.45, 7) is 10.6. The van der Waals surface area contributed by atoms with E-state index in [1.165, 1.54) is 0 Å². The van der Waals surface area contributed by atoms with E-state index >= 15 is 0 Å². The molecule has 1 aromatic rings. The lowest BCUT2D eigenvalue weighted by molar-refractivity contribution is -0.147. The lowest BCUT2D eigenvalue weighted by Crippen LogP contribution is -2.47. The molecule has 0 spiro atoms. The molecule has 126 valence electrons. The second-order valence-corrected chi connectivity index (χ2v) is 7.86. The molecule has 0 fully saturated rings. The minimum absolute atomic E-state index is 0.297. The summed E-state index contributed by atoms with van der Waals surface area (Å²) >= 11 is 0. The molecule has 1 amide bonds. The molecule has 0 aliphatic heterocycles. The maximum Gasteiger partial charge on any atom is 0.238 e. The van der Waals surface area contributed by atoms with E-state index in [1.807, 2.05) is 30.3 Å². The topological polar surface area (TPSA) is 63.2 Å². The maximum atomic E-state index is 12.6.